The van der Waals surface area contributed by atoms with E-state index in [0.29, 0.717) is 69.8 Å². The minimum atomic E-state index is -0.804. The molecular formula is C86H120N10O10S4. The Kier molecular flexibility index (Phi) is 39.0. The van der Waals surface area contributed by atoms with Crippen LogP contribution in [0.1, 0.15) is 169 Å². The van der Waals surface area contributed by atoms with Crippen LogP contribution in [0, 0.1) is 25.7 Å². The first kappa shape index (κ1) is 89.2. The lowest BCUT2D eigenvalue weighted by molar-refractivity contribution is -0.129. The van der Waals surface area contributed by atoms with E-state index in [0.717, 1.165) is 92.6 Å². The number of carbonyl (C=O) groups excluding carboxylic acids is 6. The molecular weight excluding hydrogens is 1460 g/mol. The molecule has 8 amide bonds. The zero-order valence-corrected chi connectivity index (χ0v) is 70.0. The second-order valence-electron chi connectivity index (χ2n) is 29.3. The molecule has 2 aromatic heterocycles. The number of ether oxygens (including phenoxy) is 4. The number of urea groups is 2. The van der Waals surface area contributed by atoms with Gasteiger partial charge in [-0.3, -0.25) is 19.4 Å². The van der Waals surface area contributed by atoms with E-state index in [4.69, 9.17) is 18.9 Å². The highest BCUT2D eigenvalue weighted by atomic mass is 32.2. The number of thiazole rings is 2. The standard InChI is InChI=1S/C45H64N6O5S3.C41H56N4O5S/c1-8-10-22-57-40(17-9-2)56-39(38(24-34-20-15-12-16-21-34)49-45(54)55-28-37-26-46-30-59-37)25-35(23-33-18-13-11-14-19-33)47-42(52)41(31(3)4)50-44(53)51(7)27-36-29-58-43(48-36)32(5)6;1-7-51-31(6)50-36(35(25-33-20-12-9-13-21-33)44-37(46)27-49-39-29(4)16-14-17-30(39)5)26-34(24-32-18-10-8-11-19-32)43-40(47)38(28(2)3)45-23-15-22-42-41(45)48/h11-16,18-21,26,29-32,35,38-41H,8-10,17,22-25,27-28H2,1-7H3,(H,47,52)(H,49,54)(H,50,53);8-14,16-21,28,31,34-36,38H,7,15,22-27H2,1-6H3,(H,42,48)(H,43,47)(H,44,46)/t35-,38-,39-,40?,41-;31?,34-,35-,36-,38-/m00/s1. The summed E-state index contributed by atoms with van der Waals surface area (Å²) < 4.78 is 25.7. The Balaban J connectivity index is 0.000000309. The second kappa shape index (κ2) is 48.0. The van der Waals surface area contributed by atoms with E-state index < -0.39 is 48.5 Å². The molecule has 0 saturated carbocycles. The Hall–Kier alpha value is -8.00. The molecule has 20 nitrogen and oxygen atoms in total. The highest BCUT2D eigenvalue weighted by molar-refractivity contribution is 7.99. The van der Waals surface area contributed by atoms with E-state index in [1.54, 1.807) is 63.4 Å². The first-order valence-electron chi connectivity index (χ1n) is 39.1. The Labute approximate surface area is 670 Å². The maximum Gasteiger partial charge on any atom is 0.407 e. The van der Waals surface area contributed by atoms with Crippen molar-refractivity contribution in [2.75, 3.05) is 38.2 Å². The summed E-state index contributed by atoms with van der Waals surface area (Å²) in [6.07, 6.45) is 7.78. The average molecular weight is 1580 g/mol. The number of rotatable bonds is 44. The molecule has 0 radical (unpaired) electrons. The number of para-hydroxylation sites is 1. The molecule has 3 heterocycles. The number of benzene rings is 5. The van der Waals surface area contributed by atoms with E-state index in [1.807, 2.05) is 181 Å². The molecule has 1 saturated heterocycles. The van der Waals surface area contributed by atoms with Crippen LogP contribution >= 0.6 is 46.2 Å². The zero-order chi connectivity index (χ0) is 79.3. The smallest absolute Gasteiger partial charge is 0.407 e. The molecule has 598 valence electrons. The molecule has 1 fully saturated rings. The van der Waals surface area contributed by atoms with E-state index >= 15 is 0 Å². The number of hydrogen-bond donors (Lipinski definition) is 6. The van der Waals surface area contributed by atoms with E-state index in [1.165, 1.54) is 11.3 Å². The van der Waals surface area contributed by atoms with Crippen LogP contribution in [0.25, 0.3) is 0 Å². The molecule has 5 aromatic carbocycles. The van der Waals surface area contributed by atoms with Crippen LogP contribution in [0.4, 0.5) is 14.4 Å². The molecule has 1 aliphatic heterocycles. The Bertz CT molecular complexity index is 3800. The first-order valence-corrected chi connectivity index (χ1v) is 43.0. The molecule has 7 aromatic rings. The lowest BCUT2D eigenvalue weighted by Crippen LogP contribution is -2.59. The number of carbonyl (C=O) groups is 6. The van der Waals surface area contributed by atoms with Crippen molar-refractivity contribution in [3.05, 3.63) is 206 Å². The van der Waals surface area contributed by atoms with Gasteiger partial charge >= 0.3 is 18.2 Å². The van der Waals surface area contributed by atoms with Gasteiger partial charge in [0, 0.05) is 49.7 Å². The average Bonchev–Trinajstić information content (AvgIpc) is 1.60. The van der Waals surface area contributed by atoms with Crippen molar-refractivity contribution in [2.24, 2.45) is 11.8 Å². The van der Waals surface area contributed by atoms with Crippen LogP contribution in [-0.2, 0) is 67.4 Å². The fourth-order valence-corrected chi connectivity index (χ4v) is 16.6. The second-order valence-corrected chi connectivity index (χ2v) is 34.0. The van der Waals surface area contributed by atoms with Gasteiger partial charge in [0.25, 0.3) is 5.91 Å². The summed E-state index contributed by atoms with van der Waals surface area (Å²) in [6.45, 7) is 25.8. The number of aromatic nitrogens is 2. The van der Waals surface area contributed by atoms with E-state index in [-0.39, 0.29) is 71.7 Å². The molecule has 0 aliphatic carbocycles. The molecule has 1 aliphatic rings. The molecule has 0 bridgehead atoms. The van der Waals surface area contributed by atoms with Crippen molar-refractivity contribution < 1.29 is 47.7 Å². The largest absolute Gasteiger partial charge is 0.483 e. The van der Waals surface area contributed by atoms with Crippen molar-refractivity contribution in [1.29, 1.82) is 0 Å². The Morgan fingerprint density at radius 2 is 1.21 bits per heavy atom. The van der Waals surface area contributed by atoms with E-state index in [9.17, 15) is 28.8 Å². The monoisotopic (exact) mass is 1580 g/mol. The predicted octanol–water partition coefficient (Wildman–Crippen LogP) is 16.0. The molecule has 8 rings (SSSR count). The van der Waals surface area contributed by atoms with Gasteiger partial charge in [-0.15, -0.1) is 46.2 Å². The normalized spacial score (nSPS) is 14.9. The molecule has 0 spiro atoms. The highest BCUT2D eigenvalue weighted by Gasteiger charge is 2.38. The highest BCUT2D eigenvalue weighted by Crippen LogP contribution is 2.29. The Morgan fingerprint density at radius 3 is 1.72 bits per heavy atom. The summed E-state index contributed by atoms with van der Waals surface area (Å²) in [4.78, 5) is 95.2. The van der Waals surface area contributed by atoms with Crippen LogP contribution in [0.5, 0.6) is 5.75 Å². The van der Waals surface area contributed by atoms with Crippen molar-refractivity contribution >= 4 is 82.1 Å². The number of amides is 8. The van der Waals surface area contributed by atoms with Gasteiger partial charge in [0.2, 0.25) is 11.8 Å². The minimum Gasteiger partial charge on any atom is -0.483 e. The van der Waals surface area contributed by atoms with Crippen molar-refractivity contribution in [3.63, 3.8) is 0 Å². The predicted molar refractivity (Wildman–Crippen MR) is 448 cm³/mol. The van der Waals surface area contributed by atoms with Gasteiger partial charge in [0.1, 0.15) is 35.3 Å². The SMILES string of the molecule is CCCCSC(CCC)O[C@@H](C[C@H](Cc1ccccc1)NC(=O)[C@@H](NC(=O)N(C)Cc1csc(C(C)C)n1)C(C)C)[C@H](Cc1ccccc1)NC(=O)OCc1cncs1.CCSC(C)O[C@@H](C[C@H](Cc1ccccc1)NC(=O)[C@H](C(C)C)N1CCCNC1=O)[C@H](Cc1ccccc1)NC(=O)COc1c(C)cccc1C. The van der Waals surface area contributed by atoms with Crippen LogP contribution in [0.2, 0.25) is 0 Å². The van der Waals surface area contributed by atoms with Gasteiger partial charge in [-0.2, -0.15) is 0 Å². The third-order valence-electron chi connectivity index (χ3n) is 18.9. The summed E-state index contributed by atoms with van der Waals surface area (Å²) in [5.41, 5.74) is 8.39. The fourth-order valence-electron chi connectivity index (χ4n) is 13.3. The number of unbranched alkanes of at least 4 members (excludes halogenated alkanes) is 1. The van der Waals surface area contributed by atoms with Crippen LogP contribution < -0.4 is 36.6 Å². The summed E-state index contributed by atoms with van der Waals surface area (Å²) in [7, 11) is 1.71. The molecule has 6 N–H and O–H groups in total. The number of nitrogens with one attached hydrogen (secondary N) is 6. The summed E-state index contributed by atoms with van der Waals surface area (Å²) in [5.74, 6) is 1.82. The lowest BCUT2D eigenvalue weighted by Gasteiger charge is -2.38. The quantitative estimate of drug-likeness (QED) is 0.0154. The maximum absolute atomic E-state index is 14.4. The first-order chi connectivity index (χ1) is 53.0. The van der Waals surface area contributed by atoms with Crippen molar-refractivity contribution in [3.8, 4) is 5.75 Å². The molecule has 24 heteroatoms. The lowest BCUT2D eigenvalue weighted by atomic mass is 9.92. The van der Waals surface area contributed by atoms with Crippen molar-refractivity contribution in [2.45, 2.75) is 232 Å². The van der Waals surface area contributed by atoms with E-state index in [2.05, 4.69) is 88.6 Å². The number of alkyl carbamates (subject to hydrolysis) is 1. The molecule has 2 unspecified atom stereocenters. The summed E-state index contributed by atoms with van der Waals surface area (Å²) in [6, 6.07) is 42.4. The topological polar surface area (TPSA) is 244 Å². The zero-order valence-electron chi connectivity index (χ0n) is 66.7. The number of hydrogen-bond acceptors (Lipinski definition) is 16. The summed E-state index contributed by atoms with van der Waals surface area (Å²) >= 11 is 6.50. The molecule has 10 atom stereocenters. The van der Waals surface area contributed by atoms with Crippen LogP contribution in [0.3, 0.4) is 0 Å². The van der Waals surface area contributed by atoms with Gasteiger partial charge < -0.3 is 60.6 Å². The fraction of sp³-hybridized carbons (Fsp3) is 0.512. The van der Waals surface area contributed by atoms with Gasteiger partial charge in [-0.1, -0.05) is 215 Å². The maximum atomic E-state index is 14.4. The Morgan fingerprint density at radius 1 is 0.645 bits per heavy atom. The number of thioether (sulfide) groups is 2. The number of nitrogens with zero attached hydrogens (tertiary/aromatic N) is 4. The van der Waals surface area contributed by atoms with Crippen LogP contribution in [0.15, 0.2) is 157 Å². The molecule has 110 heavy (non-hydrogen) atoms. The van der Waals surface area contributed by atoms with Gasteiger partial charge in [-0.05, 0) is 135 Å². The summed E-state index contributed by atoms with van der Waals surface area (Å²) in [5, 5.41) is 22.1. The third kappa shape index (κ3) is 30.9. The van der Waals surface area contributed by atoms with Gasteiger partial charge in [0.05, 0.1) is 51.9 Å². The third-order valence-corrected chi connectivity index (χ3v) is 23.0. The van der Waals surface area contributed by atoms with Crippen LogP contribution in [-0.4, -0.2) is 153 Å². The minimum absolute atomic E-state index is 0.0961. The van der Waals surface area contributed by atoms with Gasteiger partial charge in [0.15, 0.2) is 6.61 Å². The van der Waals surface area contributed by atoms with Crippen molar-refractivity contribution in [1.82, 2.24) is 51.7 Å². The van der Waals surface area contributed by atoms with Gasteiger partial charge in [-0.25, -0.2) is 19.4 Å². The number of aryl methyl sites for hydroxylation is 2.